The molecule has 2 amide bonds. The third kappa shape index (κ3) is 3.22. The highest BCUT2D eigenvalue weighted by Crippen LogP contribution is 2.25. The maximum atomic E-state index is 11.5. The van der Waals surface area contributed by atoms with Gasteiger partial charge in [0.25, 0.3) is 11.1 Å². The van der Waals surface area contributed by atoms with E-state index in [1.54, 1.807) is 18.3 Å². The maximum absolute atomic E-state index is 11.5. The lowest BCUT2D eigenvalue weighted by Gasteiger charge is -2.29. The molecular weight excluding hydrogens is 292 g/mol. The Morgan fingerprint density at radius 2 is 2.14 bits per heavy atom. The number of piperidine rings is 1. The number of anilines is 1. The normalized spacial score (nSPS) is 22.0. The van der Waals surface area contributed by atoms with Gasteiger partial charge in [-0.15, -0.1) is 0 Å². The van der Waals surface area contributed by atoms with Crippen LogP contribution in [0, 0.1) is 0 Å². The van der Waals surface area contributed by atoms with Crippen molar-refractivity contribution < 1.29 is 14.7 Å². The first kappa shape index (κ1) is 14.0. The van der Waals surface area contributed by atoms with E-state index in [2.05, 4.69) is 15.3 Å². The first-order chi connectivity index (χ1) is 10.1. The summed E-state index contributed by atoms with van der Waals surface area (Å²) in [5.41, 5.74) is 0.582. The Bertz CT molecular complexity index is 611. The highest BCUT2D eigenvalue weighted by Gasteiger charge is 2.25. The van der Waals surface area contributed by atoms with Gasteiger partial charge in [-0.2, -0.15) is 0 Å². The molecule has 0 aromatic carbocycles. The lowest BCUT2D eigenvalue weighted by Crippen LogP contribution is -2.36. The summed E-state index contributed by atoms with van der Waals surface area (Å²) in [6, 6.07) is 1.69. The monoisotopic (exact) mass is 306 g/mol. The van der Waals surface area contributed by atoms with Crippen LogP contribution >= 0.6 is 11.8 Å². The number of hydrogen-bond acceptors (Lipinski definition) is 7. The number of carbonyl (C=O) groups is 2. The summed E-state index contributed by atoms with van der Waals surface area (Å²) in [6.45, 7) is 1.41. The first-order valence-electron chi connectivity index (χ1n) is 6.63. The second-order valence-corrected chi connectivity index (χ2v) is 5.87. The Balaban J connectivity index is 1.79. The quantitative estimate of drug-likeness (QED) is 0.779. The molecule has 0 bridgehead atoms. The van der Waals surface area contributed by atoms with Gasteiger partial charge in [-0.1, -0.05) is 0 Å². The Hall–Kier alpha value is -1.93. The van der Waals surface area contributed by atoms with Crippen molar-refractivity contribution in [3.05, 3.63) is 22.9 Å². The predicted molar refractivity (Wildman–Crippen MR) is 78.6 cm³/mol. The summed E-state index contributed by atoms with van der Waals surface area (Å²) in [6.07, 6.45) is 4.34. The molecule has 2 N–H and O–H groups in total. The molecule has 0 radical (unpaired) electrons. The number of aliphatic hydroxyl groups excluding tert-OH is 1. The van der Waals surface area contributed by atoms with Crippen molar-refractivity contribution in [1.82, 2.24) is 15.3 Å². The smallest absolute Gasteiger partial charge is 0.290 e. The molecule has 1 aromatic heterocycles. The van der Waals surface area contributed by atoms with Crippen LogP contribution in [0.1, 0.15) is 18.5 Å². The minimum atomic E-state index is -0.397. The van der Waals surface area contributed by atoms with Crippen LogP contribution in [-0.2, 0) is 4.79 Å². The van der Waals surface area contributed by atoms with E-state index in [9.17, 15) is 14.7 Å². The number of thioether (sulfide) groups is 1. The molecule has 0 atom stereocenters. The molecule has 0 aliphatic carbocycles. The molecule has 8 heteroatoms. The van der Waals surface area contributed by atoms with Gasteiger partial charge in [-0.25, -0.2) is 9.97 Å². The third-order valence-corrected chi connectivity index (χ3v) is 4.14. The zero-order valence-electron chi connectivity index (χ0n) is 11.2. The van der Waals surface area contributed by atoms with Crippen molar-refractivity contribution in [2.45, 2.75) is 18.9 Å². The molecule has 2 fully saturated rings. The molecule has 0 spiro atoms. The average molecular weight is 306 g/mol. The molecule has 3 heterocycles. The van der Waals surface area contributed by atoms with E-state index < -0.39 is 5.91 Å². The van der Waals surface area contributed by atoms with E-state index in [-0.39, 0.29) is 11.3 Å². The summed E-state index contributed by atoms with van der Waals surface area (Å²) in [5.74, 6) is 0.178. The Kier molecular flexibility index (Phi) is 3.89. The van der Waals surface area contributed by atoms with E-state index in [1.165, 1.54) is 0 Å². The van der Waals surface area contributed by atoms with Gasteiger partial charge in [0, 0.05) is 19.3 Å². The van der Waals surface area contributed by atoms with Crippen LogP contribution in [0.4, 0.5) is 10.7 Å². The van der Waals surface area contributed by atoms with E-state index in [0.29, 0.717) is 42.5 Å². The minimum Gasteiger partial charge on any atom is -0.393 e. The Morgan fingerprint density at radius 3 is 2.81 bits per heavy atom. The first-order valence-corrected chi connectivity index (χ1v) is 7.44. The van der Waals surface area contributed by atoms with Gasteiger partial charge in [-0.3, -0.25) is 14.9 Å². The zero-order chi connectivity index (χ0) is 14.8. The van der Waals surface area contributed by atoms with Crippen LogP contribution in [0.3, 0.4) is 0 Å². The highest BCUT2D eigenvalue weighted by atomic mass is 32.2. The topological polar surface area (TPSA) is 95.4 Å². The summed E-state index contributed by atoms with van der Waals surface area (Å²) in [5, 5.41) is 11.4. The van der Waals surface area contributed by atoms with E-state index in [4.69, 9.17) is 0 Å². The fraction of sp³-hybridized carbons (Fsp3) is 0.385. The number of aromatic nitrogens is 2. The Morgan fingerprint density at radius 1 is 1.38 bits per heavy atom. The number of amides is 2. The van der Waals surface area contributed by atoms with Gasteiger partial charge in [0.05, 0.1) is 16.7 Å². The lowest BCUT2D eigenvalue weighted by molar-refractivity contribution is -0.115. The van der Waals surface area contributed by atoms with Crippen LogP contribution in [-0.4, -0.2) is 45.4 Å². The molecule has 1 aromatic rings. The van der Waals surface area contributed by atoms with Gasteiger partial charge < -0.3 is 10.0 Å². The summed E-state index contributed by atoms with van der Waals surface area (Å²) in [7, 11) is 0. The second-order valence-electron chi connectivity index (χ2n) is 4.85. The van der Waals surface area contributed by atoms with Crippen molar-refractivity contribution >= 4 is 34.9 Å². The van der Waals surface area contributed by atoms with Crippen LogP contribution in [0.2, 0.25) is 0 Å². The number of imide groups is 1. The molecule has 2 aliphatic rings. The van der Waals surface area contributed by atoms with E-state index in [0.717, 1.165) is 11.8 Å². The number of nitrogens with one attached hydrogen (secondary N) is 1. The number of rotatable bonds is 2. The molecule has 0 unspecified atom stereocenters. The minimum absolute atomic E-state index is 0.254. The SMILES string of the molecule is O=C1NC(=O)/C(=C\c2ccnc(N3CCC(O)CC3)n2)S1. The third-order valence-electron chi connectivity index (χ3n) is 3.33. The average Bonchev–Trinajstić information content (AvgIpc) is 2.78. The lowest BCUT2D eigenvalue weighted by atomic mass is 10.1. The van der Waals surface area contributed by atoms with Crippen LogP contribution in [0.25, 0.3) is 6.08 Å². The molecular formula is C13H14N4O3S. The van der Waals surface area contributed by atoms with Crippen molar-refractivity contribution in [3.63, 3.8) is 0 Å². The molecule has 0 saturated carbocycles. The van der Waals surface area contributed by atoms with Crippen molar-refractivity contribution in [1.29, 1.82) is 0 Å². The van der Waals surface area contributed by atoms with Gasteiger partial charge in [-0.05, 0) is 36.7 Å². The van der Waals surface area contributed by atoms with Gasteiger partial charge in [0.1, 0.15) is 0 Å². The number of nitrogens with zero attached hydrogens (tertiary/aromatic N) is 3. The number of carbonyl (C=O) groups excluding carboxylic acids is 2. The second kappa shape index (κ2) is 5.82. The summed E-state index contributed by atoms with van der Waals surface area (Å²) >= 11 is 0.865. The van der Waals surface area contributed by atoms with Crippen molar-refractivity contribution in [3.8, 4) is 0 Å². The van der Waals surface area contributed by atoms with Crippen LogP contribution in [0.15, 0.2) is 17.2 Å². The standard InChI is InChI=1S/C13H14N4O3S/c18-9-2-5-17(6-3-9)12-14-4-1-8(15-12)7-10-11(19)16-13(20)21-10/h1,4,7,9,18H,2-3,5-6H2,(H,16,19,20)/b10-7+. The maximum Gasteiger partial charge on any atom is 0.290 e. The molecule has 21 heavy (non-hydrogen) atoms. The highest BCUT2D eigenvalue weighted by molar-refractivity contribution is 8.18. The fourth-order valence-electron chi connectivity index (χ4n) is 2.22. The fourth-order valence-corrected chi connectivity index (χ4v) is 2.88. The van der Waals surface area contributed by atoms with Gasteiger partial charge in [0.2, 0.25) is 5.95 Å². The molecule has 2 aliphatic heterocycles. The summed E-state index contributed by atoms with van der Waals surface area (Å²) in [4.78, 5) is 33.6. The van der Waals surface area contributed by atoms with Gasteiger partial charge >= 0.3 is 0 Å². The van der Waals surface area contributed by atoms with Crippen LogP contribution < -0.4 is 10.2 Å². The molecule has 2 saturated heterocycles. The zero-order valence-corrected chi connectivity index (χ0v) is 12.0. The molecule has 7 nitrogen and oxygen atoms in total. The predicted octanol–water partition coefficient (Wildman–Crippen LogP) is 0.762. The molecule has 3 rings (SSSR count). The van der Waals surface area contributed by atoms with Gasteiger partial charge in [0.15, 0.2) is 0 Å². The van der Waals surface area contributed by atoms with Crippen molar-refractivity contribution in [2.24, 2.45) is 0 Å². The number of hydrogen-bond donors (Lipinski definition) is 2. The Labute approximate surface area is 125 Å². The molecule has 110 valence electrons. The van der Waals surface area contributed by atoms with E-state index >= 15 is 0 Å². The largest absolute Gasteiger partial charge is 0.393 e. The van der Waals surface area contributed by atoms with Crippen molar-refractivity contribution in [2.75, 3.05) is 18.0 Å². The number of aliphatic hydroxyl groups is 1. The van der Waals surface area contributed by atoms with Crippen LogP contribution in [0.5, 0.6) is 0 Å². The van der Waals surface area contributed by atoms with E-state index in [1.807, 2.05) is 4.90 Å². The summed E-state index contributed by atoms with van der Waals surface area (Å²) < 4.78 is 0.